The molecule has 28 heavy (non-hydrogen) atoms. The van der Waals surface area contributed by atoms with Crippen LogP contribution in [-0.2, 0) is 13.1 Å². The van der Waals surface area contributed by atoms with Gasteiger partial charge in [0.1, 0.15) is 0 Å². The van der Waals surface area contributed by atoms with E-state index in [-0.39, 0.29) is 0 Å². The fourth-order valence-corrected chi connectivity index (χ4v) is 18.4. The zero-order valence-electron chi connectivity index (χ0n) is 19.4. The summed E-state index contributed by atoms with van der Waals surface area (Å²) in [6.07, 6.45) is 19.5. The second kappa shape index (κ2) is 13.8. The predicted molar refractivity (Wildman–Crippen MR) is 124 cm³/mol. The molecule has 0 amide bonds. The van der Waals surface area contributed by atoms with Gasteiger partial charge >= 0.3 is 179 Å². The van der Waals surface area contributed by atoms with E-state index in [9.17, 15) is 5.11 Å². The van der Waals surface area contributed by atoms with Crippen LogP contribution in [0.1, 0.15) is 86.0 Å². The van der Waals surface area contributed by atoms with Crippen LogP contribution in [0.25, 0.3) is 0 Å². The van der Waals surface area contributed by atoms with Gasteiger partial charge in [-0.1, -0.05) is 0 Å². The molecular formula is C24H47N2OSn+. The molecule has 0 fully saturated rings. The molecule has 0 atom stereocenters. The van der Waals surface area contributed by atoms with Crippen LogP contribution in [-0.4, -0.2) is 33.7 Å². The third-order valence-corrected chi connectivity index (χ3v) is 19.9. The summed E-state index contributed by atoms with van der Waals surface area (Å²) in [4.78, 5) is 0. The van der Waals surface area contributed by atoms with Gasteiger partial charge in [0.2, 0.25) is 0 Å². The van der Waals surface area contributed by atoms with E-state index < -0.39 is 24.0 Å². The molecule has 4 heteroatoms. The fraction of sp³-hybridized carbons (Fsp3) is 0.792. The van der Waals surface area contributed by atoms with Crippen molar-refractivity contribution in [3.63, 3.8) is 0 Å². The first kappa shape index (κ1) is 25.7. The molecule has 3 nitrogen and oxygen atoms in total. The maximum atomic E-state index is 10.2. The summed E-state index contributed by atoms with van der Waals surface area (Å²) < 4.78 is 11.6. The summed E-state index contributed by atoms with van der Waals surface area (Å²) in [5.74, 6) is 0. The number of imidazole rings is 1. The average Bonchev–Trinajstić information content (AvgIpc) is 3.12. The summed E-state index contributed by atoms with van der Waals surface area (Å²) in [6.45, 7) is 12.9. The van der Waals surface area contributed by atoms with Crippen LogP contribution in [0.4, 0.5) is 0 Å². The quantitative estimate of drug-likeness (QED) is 0.163. The first-order chi connectivity index (χ1) is 13.3. The van der Waals surface area contributed by atoms with Crippen molar-refractivity contribution < 1.29 is 9.67 Å². The molecule has 162 valence electrons. The van der Waals surface area contributed by atoms with Gasteiger partial charge in [0.05, 0.1) is 0 Å². The van der Waals surface area contributed by atoms with Gasteiger partial charge in [0.25, 0.3) is 0 Å². The van der Waals surface area contributed by atoms with E-state index in [4.69, 9.17) is 0 Å². The number of aliphatic hydroxyl groups is 1. The fourth-order valence-electron chi connectivity index (χ4n) is 3.95. The summed E-state index contributed by atoms with van der Waals surface area (Å²) in [7, 11) is 0. The van der Waals surface area contributed by atoms with E-state index in [1.807, 2.05) is 13.8 Å². The molecule has 0 unspecified atom stereocenters. The minimum absolute atomic E-state index is 0.660. The number of unbranched alkanes of at least 4 members (excludes halogenated alkanes) is 5. The number of rotatable bonds is 16. The standard InChI is InChI=1S/C11H20N2.C5H9O.2C4H9.Sn/c1-3-5-6-7-8-13-10-9-12(4-2)11-13;1-4-5(2,3)6;2*1-3-4-2;/h9-11H,1,3-8H2,2H3;1,4,6H,2-3H3;2*1,3-4H2,2H3;/q+1;;;;. The van der Waals surface area contributed by atoms with Gasteiger partial charge in [-0.25, -0.2) is 0 Å². The molecule has 1 heterocycles. The predicted octanol–water partition coefficient (Wildman–Crippen LogP) is 6.27. The van der Waals surface area contributed by atoms with E-state index in [1.54, 1.807) is 0 Å². The van der Waals surface area contributed by atoms with Gasteiger partial charge in [0, 0.05) is 0 Å². The van der Waals surface area contributed by atoms with Gasteiger partial charge in [-0.2, -0.15) is 0 Å². The summed E-state index contributed by atoms with van der Waals surface area (Å²) in [5.41, 5.74) is -0.660. The van der Waals surface area contributed by atoms with Crippen LogP contribution in [0.5, 0.6) is 0 Å². The Labute approximate surface area is 179 Å². The monoisotopic (exact) mass is 499 g/mol. The molecule has 0 aliphatic heterocycles. The van der Waals surface area contributed by atoms with E-state index >= 15 is 0 Å². The van der Waals surface area contributed by atoms with Crippen molar-refractivity contribution in [1.82, 2.24) is 4.57 Å². The minimum atomic E-state index is -2.29. The number of aryl methyl sites for hydroxylation is 2. The molecule has 0 aromatic carbocycles. The third kappa shape index (κ3) is 11.0. The van der Waals surface area contributed by atoms with Crippen LogP contribution in [0.15, 0.2) is 28.9 Å². The van der Waals surface area contributed by atoms with Crippen LogP contribution in [0, 0.1) is 0 Å². The number of hydrogen-bond donors (Lipinski definition) is 1. The van der Waals surface area contributed by atoms with E-state index in [0.29, 0.717) is 0 Å². The maximum absolute atomic E-state index is 10.2. The zero-order valence-corrected chi connectivity index (χ0v) is 22.3. The topological polar surface area (TPSA) is 29.0 Å². The average molecular weight is 498 g/mol. The molecule has 0 saturated carbocycles. The molecule has 1 rings (SSSR count). The SMILES string of the molecule is CCC[CH2][Sn](/[CH]=C/C(C)(C)O)([CH2]CCC)[CH2]CCCCC[n+]1ccn(CC)c1. The van der Waals surface area contributed by atoms with Gasteiger partial charge in [-0.15, -0.1) is 0 Å². The Morgan fingerprint density at radius 1 is 0.929 bits per heavy atom. The zero-order chi connectivity index (χ0) is 20.9. The molecular weight excluding hydrogens is 451 g/mol. The Morgan fingerprint density at radius 3 is 2.07 bits per heavy atom. The molecule has 0 spiro atoms. The number of aromatic nitrogens is 2. The summed E-state index contributed by atoms with van der Waals surface area (Å²) in [6, 6.07) is 0. The Hall–Kier alpha value is -0.291. The molecule has 1 aromatic rings. The summed E-state index contributed by atoms with van der Waals surface area (Å²) >= 11 is -2.29. The Morgan fingerprint density at radius 2 is 1.54 bits per heavy atom. The number of hydrogen-bond acceptors (Lipinski definition) is 1. The molecule has 1 aromatic heterocycles. The van der Waals surface area contributed by atoms with Crippen molar-refractivity contribution >= 4 is 18.4 Å². The van der Waals surface area contributed by atoms with Crippen molar-refractivity contribution in [1.29, 1.82) is 0 Å². The molecule has 0 bridgehead atoms. The number of nitrogens with zero attached hydrogens (tertiary/aromatic N) is 2. The van der Waals surface area contributed by atoms with Crippen LogP contribution in [0.2, 0.25) is 13.3 Å². The van der Waals surface area contributed by atoms with Crippen molar-refractivity contribution in [2.24, 2.45) is 0 Å². The van der Waals surface area contributed by atoms with E-state index in [1.165, 1.54) is 64.7 Å². The molecule has 1 N–H and O–H groups in total. The molecule has 0 saturated heterocycles. The Balaban J connectivity index is 2.52. The second-order valence-corrected chi connectivity index (χ2v) is 22.2. The van der Waals surface area contributed by atoms with Gasteiger partial charge in [-0.3, -0.25) is 0 Å². The third-order valence-electron chi connectivity index (χ3n) is 5.85. The first-order valence-electron chi connectivity index (χ1n) is 11.8. The van der Waals surface area contributed by atoms with Crippen molar-refractivity contribution in [2.45, 2.75) is 118 Å². The molecule has 0 aliphatic carbocycles. The van der Waals surface area contributed by atoms with Crippen LogP contribution in [0.3, 0.4) is 0 Å². The van der Waals surface area contributed by atoms with Crippen LogP contribution >= 0.6 is 0 Å². The molecule has 0 aliphatic rings. The summed E-state index contributed by atoms with van der Waals surface area (Å²) in [5, 5.41) is 10.2. The normalized spacial score (nSPS) is 12.9. The van der Waals surface area contributed by atoms with E-state index in [0.717, 1.165) is 13.1 Å². The van der Waals surface area contributed by atoms with Gasteiger partial charge in [-0.05, 0) is 0 Å². The molecule has 0 radical (unpaired) electrons. The first-order valence-corrected chi connectivity index (χ1v) is 19.5. The van der Waals surface area contributed by atoms with Gasteiger partial charge < -0.3 is 0 Å². The van der Waals surface area contributed by atoms with Crippen molar-refractivity contribution in [2.75, 3.05) is 0 Å². The van der Waals surface area contributed by atoms with Crippen molar-refractivity contribution in [3.8, 4) is 0 Å². The Kier molecular flexibility index (Phi) is 12.7. The Bertz CT molecular complexity index is 537. The van der Waals surface area contributed by atoms with Crippen molar-refractivity contribution in [3.05, 3.63) is 28.9 Å². The van der Waals surface area contributed by atoms with E-state index in [2.05, 4.69) is 58.8 Å². The second-order valence-electron chi connectivity index (χ2n) is 9.20. The van der Waals surface area contributed by atoms with Gasteiger partial charge in [0.15, 0.2) is 0 Å². The van der Waals surface area contributed by atoms with Crippen LogP contribution < -0.4 is 4.57 Å².